The van der Waals surface area contributed by atoms with E-state index in [-0.39, 0.29) is 23.8 Å². The molecule has 1 aromatic carbocycles. The maximum Gasteiger partial charge on any atom is 0.269 e. The quantitative estimate of drug-likeness (QED) is 0.528. The van der Waals surface area contributed by atoms with Gasteiger partial charge in [-0.1, -0.05) is 17.3 Å². The summed E-state index contributed by atoms with van der Waals surface area (Å²) in [6, 6.07) is 11.0. The first-order valence-electron chi connectivity index (χ1n) is 9.00. The third kappa shape index (κ3) is 3.86. The van der Waals surface area contributed by atoms with Crippen LogP contribution in [0.4, 0.5) is 0 Å². The van der Waals surface area contributed by atoms with Crippen molar-refractivity contribution in [3.8, 4) is 11.3 Å². The fourth-order valence-electron chi connectivity index (χ4n) is 3.01. The normalized spacial score (nSPS) is 10.8. The van der Waals surface area contributed by atoms with E-state index in [1.54, 1.807) is 16.9 Å². The van der Waals surface area contributed by atoms with E-state index in [2.05, 4.69) is 25.6 Å². The van der Waals surface area contributed by atoms with Gasteiger partial charge in [-0.05, 0) is 29.7 Å². The van der Waals surface area contributed by atoms with Gasteiger partial charge < -0.3 is 5.32 Å². The molecule has 1 N–H and O–H groups in total. The third-order valence-electron chi connectivity index (χ3n) is 4.56. The maximum absolute atomic E-state index is 12.6. The van der Waals surface area contributed by atoms with Crippen molar-refractivity contribution in [1.82, 2.24) is 30.3 Å². The van der Waals surface area contributed by atoms with Gasteiger partial charge in [0.1, 0.15) is 11.4 Å². The number of aryl methyl sites for hydroxylation is 1. The molecule has 0 spiro atoms. The molecule has 3 heterocycles. The highest BCUT2D eigenvalue weighted by atomic mass is 16.1. The average molecular weight is 386 g/mol. The van der Waals surface area contributed by atoms with Crippen LogP contribution in [0.25, 0.3) is 22.0 Å². The topological polar surface area (TPSA) is 103 Å². The van der Waals surface area contributed by atoms with Gasteiger partial charge in [-0.15, -0.1) is 5.10 Å². The number of Topliss-reactive ketones (excluding diaryl/α,β-unsaturated/α-hetero) is 1. The zero-order valence-electron chi connectivity index (χ0n) is 16.0. The second-order valence-electron chi connectivity index (χ2n) is 6.63. The Morgan fingerprint density at radius 2 is 1.90 bits per heavy atom. The summed E-state index contributed by atoms with van der Waals surface area (Å²) < 4.78 is 1.65. The summed E-state index contributed by atoms with van der Waals surface area (Å²) in [4.78, 5) is 32.6. The van der Waals surface area contributed by atoms with Crippen LogP contribution in [0.1, 0.15) is 26.5 Å². The number of ketones is 1. The van der Waals surface area contributed by atoms with Crippen molar-refractivity contribution in [3.63, 3.8) is 0 Å². The largest absolute Gasteiger partial charge is 0.354 e. The van der Waals surface area contributed by atoms with E-state index in [9.17, 15) is 9.59 Å². The summed E-state index contributed by atoms with van der Waals surface area (Å²) in [5.74, 6) is -0.406. The highest BCUT2D eigenvalue weighted by molar-refractivity contribution is 5.98. The second-order valence-corrected chi connectivity index (χ2v) is 6.63. The van der Waals surface area contributed by atoms with E-state index < -0.39 is 0 Å². The van der Waals surface area contributed by atoms with Gasteiger partial charge >= 0.3 is 0 Å². The molecule has 8 nitrogen and oxygen atoms in total. The number of aromatic nitrogens is 5. The molecule has 0 aliphatic rings. The lowest BCUT2D eigenvalue weighted by Crippen LogP contribution is -2.19. The lowest BCUT2D eigenvalue weighted by atomic mass is 10.0. The minimum atomic E-state index is -0.292. The SMILES string of the molecule is CNC(=O)c1ccc(C(=O)Cc2cc3cc(-c4cn(C)nn4)ccc3cn2)cn1. The number of carbonyl (C=O) groups excluding carboxylic acids is 2. The Morgan fingerprint density at radius 3 is 2.59 bits per heavy atom. The number of nitrogens with zero attached hydrogens (tertiary/aromatic N) is 5. The Labute approximate surface area is 166 Å². The van der Waals surface area contributed by atoms with Gasteiger partial charge in [0.25, 0.3) is 5.91 Å². The van der Waals surface area contributed by atoms with E-state index in [1.807, 2.05) is 37.5 Å². The first-order chi connectivity index (χ1) is 14.0. The number of pyridine rings is 2. The molecule has 0 saturated carbocycles. The molecule has 0 fully saturated rings. The standard InChI is InChI=1S/C21H18N6O2/c1-22-21(29)18-6-5-15(11-24-18)20(28)9-17-8-16-7-13(3-4-14(16)10-23-17)19-12-27(2)26-25-19/h3-8,10-12H,9H2,1-2H3,(H,22,29). The molecule has 0 bridgehead atoms. The van der Waals surface area contributed by atoms with E-state index in [0.29, 0.717) is 11.3 Å². The number of benzene rings is 1. The Kier molecular flexibility index (Phi) is 4.82. The van der Waals surface area contributed by atoms with Crippen LogP contribution in [0.3, 0.4) is 0 Å². The molecule has 0 aliphatic heterocycles. The molecule has 1 amide bonds. The molecule has 0 aliphatic carbocycles. The van der Waals surface area contributed by atoms with Crippen molar-refractivity contribution in [2.24, 2.45) is 7.05 Å². The van der Waals surface area contributed by atoms with Gasteiger partial charge in [-0.3, -0.25) is 24.2 Å². The molecular weight excluding hydrogens is 368 g/mol. The Hall–Kier alpha value is -3.94. The monoisotopic (exact) mass is 386 g/mol. The molecule has 0 unspecified atom stereocenters. The fourth-order valence-corrected chi connectivity index (χ4v) is 3.01. The zero-order valence-corrected chi connectivity index (χ0v) is 16.0. The van der Waals surface area contributed by atoms with Crippen molar-refractivity contribution in [2.45, 2.75) is 6.42 Å². The minimum Gasteiger partial charge on any atom is -0.354 e. The summed E-state index contributed by atoms with van der Waals surface area (Å²) >= 11 is 0. The van der Waals surface area contributed by atoms with Gasteiger partial charge in [0.05, 0.1) is 12.6 Å². The number of hydrogen-bond donors (Lipinski definition) is 1. The molecule has 29 heavy (non-hydrogen) atoms. The van der Waals surface area contributed by atoms with Gasteiger partial charge in [0.2, 0.25) is 0 Å². The Bertz CT molecular complexity index is 1210. The lowest BCUT2D eigenvalue weighted by Gasteiger charge is -2.05. The van der Waals surface area contributed by atoms with Crippen LogP contribution in [0.5, 0.6) is 0 Å². The van der Waals surface area contributed by atoms with Gasteiger partial charge in [0, 0.05) is 48.7 Å². The molecule has 3 aromatic heterocycles. The average Bonchev–Trinajstić information content (AvgIpc) is 3.19. The van der Waals surface area contributed by atoms with Crippen molar-refractivity contribution >= 4 is 22.5 Å². The van der Waals surface area contributed by atoms with Crippen LogP contribution in [-0.2, 0) is 13.5 Å². The van der Waals surface area contributed by atoms with Crippen molar-refractivity contribution < 1.29 is 9.59 Å². The highest BCUT2D eigenvalue weighted by Crippen LogP contribution is 2.23. The van der Waals surface area contributed by atoms with E-state index in [4.69, 9.17) is 0 Å². The highest BCUT2D eigenvalue weighted by Gasteiger charge is 2.12. The van der Waals surface area contributed by atoms with Crippen LogP contribution in [0.2, 0.25) is 0 Å². The minimum absolute atomic E-state index is 0.113. The van der Waals surface area contributed by atoms with Crippen LogP contribution in [0.15, 0.2) is 55.0 Å². The first-order valence-corrected chi connectivity index (χ1v) is 9.00. The molecule has 144 valence electrons. The number of carbonyl (C=O) groups is 2. The molecule has 4 aromatic rings. The lowest BCUT2D eigenvalue weighted by molar-refractivity contribution is 0.0953. The van der Waals surface area contributed by atoms with E-state index in [0.717, 1.165) is 22.0 Å². The van der Waals surface area contributed by atoms with E-state index >= 15 is 0 Å². The number of rotatable bonds is 5. The summed E-state index contributed by atoms with van der Waals surface area (Å²) in [7, 11) is 3.35. The third-order valence-corrected chi connectivity index (χ3v) is 4.56. The Balaban J connectivity index is 1.57. The smallest absolute Gasteiger partial charge is 0.269 e. The molecule has 0 saturated heterocycles. The molecule has 8 heteroatoms. The second kappa shape index (κ2) is 7.59. The number of amides is 1. The van der Waals surface area contributed by atoms with Gasteiger partial charge in [-0.25, -0.2) is 0 Å². The van der Waals surface area contributed by atoms with Crippen LogP contribution in [0, 0.1) is 0 Å². The first kappa shape index (κ1) is 18.4. The van der Waals surface area contributed by atoms with Crippen LogP contribution in [-0.4, -0.2) is 43.7 Å². The molecule has 4 rings (SSSR count). The van der Waals surface area contributed by atoms with Crippen molar-refractivity contribution in [1.29, 1.82) is 0 Å². The predicted molar refractivity (Wildman–Crippen MR) is 107 cm³/mol. The van der Waals surface area contributed by atoms with Crippen molar-refractivity contribution in [2.75, 3.05) is 7.05 Å². The predicted octanol–water partition coefficient (Wildman–Crippen LogP) is 2.21. The van der Waals surface area contributed by atoms with Gasteiger partial charge in [0.15, 0.2) is 5.78 Å². The summed E-state index contributed by atoms with van der Waals surface area (Å²) in [5, 5.41) is 12.5. The summed E-state index contributed by atoms with van der Waals surface area (Å²) in [6.07, 6.45) is 5.17. The number of fused-ring (bicyclic) bond motifs is 1. The number of nitrogens with one attached hydrogen (secondary N) is 1. The van der Waals surface area contributed by atoms with Crippen molar-refractivity contribution in [3.05, 3.63) is 71.9 Å². The number of hydrogen-bond acceptors (Lipinski definition) is 6. The van der Waals surface area contributed by atoms with E-state index in [1.165, 1.54) is 19.3 Å². The fraction of sp³-hybridized carbons (Fsp3) is 0.143. The molecular formula is C21H18N6O2. The van der Waals surface area contributed by atoms with Gasteiger partial charge in [-0.2, -0.15) is 0 Å². The summed E-state index contributed by atoms with van der Waals surface area (Å²) in [5.41, 5.74) is 3.10. The molecule has 0 radical (unpaired) electrons. The zero-order chi connectivity index (χ0) is 20.4. The van der Waals surface area contributed by atoms with Crippen LogP contribution >= 0.6 is 0 Å². The Morgan fingerprint density at radius 1 is 1.03 bits per heavy atom. The molecule has 0 atom stereocenters. The van der Waals surface area contributed by atoms with Crippen LogP contribution < -0.4 is 5.32 Å². The summed E-state index contributed by atoms with van der Waals surface area (Å²) in [6.45, 7) is 0. The maximum atomic E-state index is 12.6.